The Morgan fingerprint density at radius 3 is 2.25 bits per heavy atom. The van der Waals surface area contributed by atoms with Gasteiger partial charge in [-0.25, -0.2) is 17.5 Å². The standard InChI is InChI=1S/C15H16FNO2S/c1-11-5-3-4-6-15(11)20(18,19)17-12(2)13-7-9-14(16)10-8-13/h3-10,12,17H,1-2H3. The lowest BCUT2D eigenvalue weighted by Gasteiger charge is -2.15. The minimum absolute atomic E-state index is 0.258. The van der Waals surface area contributed by atoms with E-state index in [4.69, 9.17) is 0 Å². The molecule has 1 unspecified atom stereocenters. The van der Waals surface area contributed by atoms with Gasteiger partial charge in [-0.05, 0) is 43.2 Å². The van der Waals surface area contributed by atoms with Gasteiger partial charge in [-0.1, -0.05) is 30.3 Å². The molecule has 3 nitrogen and oxygen atoms in total. The second-order valence-corrected chi connectivity index (χ2v) is 6.34. The van der Waals surface area contributed by atoms with Gasteiger partial charge in [-0.2, -0.15) is 0 Å². The number of rotatable bonds is 4. The first kappa shape index (κ1) is 14.7. The first-order chi connectivity index (χ1) is 9.40. The molecule has 0 saturated heterocycles. The summed E-state index contributed by atoms with van der Waals surface area (Å²) < 4.78 is 40.1. The molecule has 0 heterocycles. The number of sulfonamides is 1. The molecular weight excluding hydrogens is 277 g/mol. The van der Waals surface area contributed by atoms with E-state index >= 15 is 0 Å². The van der Waals surface area contributed by atoms with E-state index < -0.39 is 16.1 Å². The summed E-state index contributed by atoms with van der Waals surface area (Å²) in [6.45, 7) is 3.47. The highest BCUT2D eigenvalue weighted by Gasteiger charge is 2.19. The second-order valence-electron chi connectivity index (χ2n) is 4.66. The van der Waals surface area contributed by atoms with Crippen LogP contribution in [0.25, 0.3) is 0 Å². The van der Waals surface area contributed by atoms with Crippen LogP contribution < -0.4 is 4.72 Å². The molecule has 1 N–H and O–H groups in total. The Balaban J connectivity index is 2.24. The summed E-state index contributed by atoms with van der Waals surface area (Å²) in [5.74, 6) is -0.345. The van der Waals surface area contributed by atoms with Gasteiger partial charge in [0.2, 0.25) is 10.0 Å². The Morgan fingerprint density at radius 2 is 1.65 bits per heavy atom. The van der Waals surface area contributed by atoms with Gasteiger partial charge in [0.05, 0.1) is 4.90 Å². The molecule has 2 rings (SSSR count). The molecule has 106 valence electrons. The van der Waals surface area contributed by atoms with Crippen LogP contribution in [0.2, 0.25) is 0 Å². The van der Waals surface area contributed by atoms with Crippen molar-refractivity contribution in [2.24, 2.45) is 0 Å². The Bertz CT molecular complexity index is 696. The maximum Gasteiger partial charge on any atom is 0.241 e. The Morgan fingerprint density at radius 1 is 1.05 bits per heavy atom. The quantitative estimate of drug-likeness (QED) is 0.941. The lowest BCUT2D eigenvalue weighted by molar-refractivity contribution is 0.566. The SMILES string of the molecule is Cc1ccccc1S(=O)(=O)NC(C)c1ccc(F)cc1. The van der Waals surface area contributed by atoms with E-state index in [0.29, 0.717) is 11.1 Å². The van der Waals surface area contributed by atoms with Gasteiger partial charge in [0.1, 0.15) is 5.82 Å². The topological polar surface area (TPSA) is 46.2 Å². The lowest BCUT2D eigenvalue weighted by Crippen LogP contribution is -2.27. The molecule has 0 amide bonds. The van der Waals surface area contributed by atoms with Crippen molar-refractivity contribution in [1.82, 2.24) is 4.72 Å². The van der Waals surface area contributed by atoms with Crippen molar-refractivity contribution in [3.63, 3.8) is 0 Å². The molecule has 2 aromatic carbocycles. The molecule has 0 spiro atoms. The van der Waals surface area contributed by atoms with Crippen molar-refractivity contribution >= 4 is 10.0 Å². The van der Waals surface area contributed by atoms with Crippen molar-refractivity contribution in [3.05, 3.63) is 65.5 Å². The first-order valence-electron chi connectivity index (χ1n) is 6.23. The van der Waals surface area contributed by atoms with Crippen LogP contribution in [-0.2, 0) is 10.0 Å². The largest absolute Gasteiger partial charge is 0.241 e. The van der Waals surface area contributed by atoms with Gasteiger partial charge in [0.15, 0.2) is 0 Å². The van der Waals surface area contributed by atoms with E-state index in [-0.39, 0.29) is 10.7 Å². The van der Waals surface area contributed by atoms with Crippen LogP contribution in [0.4, 0.5) is 4.39 Å². The third-order valence-electron chi connectivity index (χ3n) is 3.09. The molecule has 0 radical (unpaired) electrons. The van der Waals surface area contributed by atoms with Gasteiger partial charge < -0.3 is 0 Å². The summed E-state index contributed by atoms with van der Waals surface area (Å²) in [5, 5.41) is 0. The van der Waals surface area contributed by atoms with Crippen LogP contribution in [0.5, 0.6) is 0 Å². The number of halogens is 1. The molecule has 0 bridgehead atoms. The summed E-state index contributed by atoms with van der Waals surface area (Å²) in [7, 11) is -3.59. The summed E-state index contributed by atoms with van der Waals surface area (Å²) in [5.41, 5.74) is 1.40. The Hall–Kier alpha value is -1.72. The molecule has 2 aromatic rings. The van der Waals surface area contributed by atoms with Gasteiger partial charge in [-0.3, -0.25) is 0 Å². The highest BCUT2D eigenvalue weighted by atomic mass is 32.2. The van der Waals surface area contributed by atoms with Crippen LogP contribution in [0, 0.1) is 12.7 Å². The second kappa shape index (κ2) is 5.73. The first-order valence-corrected chi connectivity index (χ1v) is 7.72. The zero-order valence-corrected chi connectivity index (χ0v) is 12.1. The van der Waals surface area contributed by atoms with E-state index in [1.54, 1.807) is 50.2 Å². The summed E-state index contributed by atoms with van der Waals surface area (Å²) in [6.07, 6.45) is 0. The number of nitrogens with one attached hydrogen (secondary N) is 1. The van der Waals surface area contributed by atoms with Crippen LogP contribution in [0.15, 0.2) is 53.4 Å². The maximum absolute atomic E-state index is 12.9. The molecule has 20 heavy (non-hydrogen) atoms. The van der Waals surface area contributed by atoms with Crippen molar-refractivity contribution in [2.45, 2.75) is 24.8 Å². The minimum atomic E-state index is -3.59. The van der Waals surface area contributed by atoms with Crippen LogP contribution >= 0.6 is 0 Å². The van der Waals surface area contributed by atoms with Crippen molar-refractivity contribution < 1.29 is 12.8 Å². The van der Waals surface area contributed by atoms with Gasteiger partial charge in [0.25, 0.3) is 0 Å². The van der Waals surface area contributed by atoms with Gasteiger partial charge >= 0.3 is 0 Å². The lowest BCUT2D eigenvalue weighted by atomic mass is 10.1. The predicted octanol–water partition coefficient (Wildman–Crippen LogP) is 3.17. The van der Waals surface area contributed by atoms with E-state index in [0.717, 1.165) is 0 Å². The van der Waals surface area contributed by atoms with E-state index in [9.17, 15) is 12.8 Å². The normalized spacial score (nSPS) is 13.2. The van der Waals surface area contributed by atoms with Gasteiger partial charge in [0, 0.05) is 6.04 Å². The molecule has 5 heteroatoms. The number of hydrogen-bond donors (Lipinski definition) is 1. The van der Waals surface area contributed by atoms with E-state index in [1.807, 2.05) is 0 Å². The summed E-state index contributed by atoms with van der Waals surface area (Å²) in [4.78, 5) is 0.258. The Kier molecular flexibility index (Phi) is 4.20. The molecule has 0 aliphatic carbocycles. The zero-order valence-electron chi connectivity index (χ0n) is 11.3. The molecule has 0 fully saturated rings. The highest BCUT2D eigenvalue weighted by Crippen LogP contribution is 2.19. The number of hydrogen-bond acceptors (Lipinski definition) is 2. The predicted molar refractivity (Wildman–Crippen MR) is 76.3 cm³/mol. The average Bonchev–Trinajstić information content (AvgIpc) is 2.39. The molecule has 0 aliphatic heterocycles. The molecular formula is C15H16FNO2S. The minimum Gasteiger partial charge on any atom is -0.207 e. The Labute approximate surface area is 118 Å². The number of aryl methyl sites for hydroxylation is 1. The van der Waals surface area contributed by atoms with Gasteiger partial charge in [-0.15, -0.1) is 0 Å². The van der Waals surface area contributed by atoms with Crippen LogP contribution in [0.1, 0.15) is 24.1 Å². The van der Waals surface area contributed by atoms with Crippen LogP contribution in [-0.4, -0.2) is 8.42 Å². The van der Waals surface area contributed by atoms with E-state index in [1.165, 1.54) is 12.1 Å². The number of benzene rings is 2. The highest BCUT2D eigenvalue weighted by molar-refractivity contribution is 7.89. The third-order valence-corrected chi connectivity index (χ3v) is 4.79. The summed E-state index contributed by atoms with van der Waals surface area (Å²) >= 11 is 0. The zero-order chi connectivity index (χ0) is 14.8. The smallest absolute Gasteiger partial charge is 0.207 e. The maximum atomic E-state index is 12.9. The van der Waals surface area contributed by atoms with Crippen molar-refractivity contribution in [3.8, 4) is 0 Å². The average molecular weight is 293 g/mol. The molecule has 0 saturated carbocycles. The fourth-order valence-corrected chi connectivity index (χ4v) is 3.45. The third kappa shape index (κ3) is 3.23. The fraction of sp³-hybridized carbons (Fsp3) is 0.200. The molecule has 0 aromatic heterocycles. The summed E-state index contributed by atoms with van der Waals surface area (Å²) in [6, 6.07) is 12.1. The van der Waals surface area contributed by atoms with Crippen molar-refractivity contribution in [2.75, 3.05) is 0 Å². The molecule has 0 aliphatic rings. The fourth-order valence-electron chi connectivity index (χ4n) is 1.97. The van der Waals surface area contributed by atoms with E-state index in [2.05, 4.69) is 4.72 Å². The van der Waals surface area contributed by atoms with Crippen LogP contribution in [0.3, 0.4) is 0 Å². The molecule has 1 atom stereocenters. The van der Waals surface area contributed by atoms with Crippen molar-refractivity contribution in [1.29, 1.82) is 0 Å². The monoisotopic (exact) mass is 293 g/mol.